The molecule has 0 spiro atoms. The van der Waals surface area contributed by atoms with Crippen molar-refractivity contribution in [1.82, 2.24) is 5.32 Å². The Kier molecular flexibility index (Phi) is 8.13. The van der Waals surface area contributed by atoms with Gasteiger partial charge in [-0.2, -0.15) is 0 Å². The maximum absolute atomic E-state index is 10.5. The van der Waals surface area contributed by atoms with E-state index in [0.29, 0.717) is 23.2 Å². The lowest BCUT2D eigenvalue weighted by atomic mass is 9.93. The first kappa shape index (κ1) is 23.1. The van der Waals surface area contributed by atoms with Gasteiger partial charge in [-0.05, 0) is 69.6 Å². The summed E-state index contributed by atoms with van der Waals surface area (Å²) in [6.07, 6.45) is 6.34. The minimum absolute atomic E-state index is 0.120. The Morgan fingerprint density at radius 2 is 2.10 bits per heavy atom. The topological polar surface area (TPSA) is 50.7 Å². The van der Waals surface area contributed by atoms with Gasteiger partial charge >= 0.3 is 0 Å². The number of hydrogen-bond donors (Lipinski definition) is 2. The predicted molar refractivity (Wildman–Crippen MR) is 125 cm³/mol. The fourth-order valence-corrected chi connectivity index (χ4v) is 5.69. The summed E-state index contributed by atoms with van der Waals surface area (Å²) >= 11 is 5.53. The Morgan fingerprint density at radius 1 is 1.34 bits per heavy atom. The summed E-state index contributed by atoms with van der Waals surface area (Å²) in [4.78, 5) is 1.34. The van der Waals surface area contributed by atoms with Crippen LogP contribution in [0.1, 0.15) is 44.2 Å². The van der Waals surface area contributed by atoms with Crippen LogP contribution >= 0.6 is 27.7 Å². The minimum atomic E-state index is -0.514. The zero-order valence-electron chi connectivity index (χ0n) is 17.9. The molecule has 2 unspecified atom stereocenters. The quantitative estimate of drug-likeness (QED) is 0.442. The second kappa shape index (κ2) is 10.2. The molecule has 1 aromatic rings. The molecule has 162 valence electrons. The van der Waals surface area contributed by atoms with Crippen molar-refractivity contribution in [2.45, 2.75) is 68.4 Å². The highest BCUT2D eigenvalue weighted by atomic mass is 79.9. The lowest BCUT2D eigenvalue weighted by molar-refractivity contribution is -0.00121. The number of thioether (sulfide) groups is 1. The molecule has 1 aliphatic heterocycles. The van der Waals surface area contributed by atoms with Gasteiger partial charge in [0.15, 0.2) is 0 Å². The van der Waals surface area contributed by atoms with Gasteiger partial charge < -0.3 is 19.9 Å². The molecule has 6 heteroatoms. The molecule has 1 saturated carbocycles. The molecule has 0 aromatic heterocycles. The average Bonchev–Trinajstić information content (AvgIpc) is 3.41. The van der Waals surface area contributed by atoms with Gasteiger partial charge in [0.05, 0.1) is 30.1 Å². The van der Waals surface area contributed by atoms with E-state index in [2.05, 4.69) is 60.2 Å². The summed E-state index contributed by atoms with van der Waals surface area (Å²) < 4.78 is 12.0. The van der Waals surface area contributed by atoms with Gasteiger partial charge in [0.1, 0.15) is 5.75 Å². The van der Waals surface area contributed by atoms with Crippen LogP contribution in [0.2, 0.25) is 0 Å². The first-order valence-electron chi connectivity index (χ1n) is 10.5. The van der Waals surface area contributed by atoms with Crippen LogP contribution < -0.4 is 10.1 Å². The first-order chi connectivity index (χ1) is 13.8. The predicted octanol–water partition coefficient (Wildman–Crippen LogP) is 4.81. The van der Waals surface area contributed by atoms with Crippen LogP contribution in [0.4, 0.5) is 0 Å². The fourth-order valence-electron chi connectivity index (χ4n) is 3.78. The van der Waals surface area contributed by atoms with Gasteiger partial charge in [-0.3, -0.25) is 0 Å². The zero-order valence-corrected chi connectivity index (χ0v) is 20.3. The second-order valence-electron chi connectivity index (χ2n) is 8.86. The second-order valence-corrected chi connectivity index (χ2v) is 11.8. The van der Waals surface area contributed by atoms with Crippen molar-refractivity contribution in [2.24, 2.45) is 5.92 Å². The highest BCUT2D eigenvalue weighted by molar-refractivity contribution is 9.11. The number of aryl methyl sites for hydroxylation is 1. The van der Waals surface area contributed by atoms with E-state index in [-0.39, 0.29) is 11.6 Å². The molecular formula is C23H34BrNO3S. The van der Waals surface area contributed by atoms with Crippen LogP contribution in [0.3, 0.4) is 0 Å². The molecule has 3 atom stereocenters. The third-order valence-electron chi connectivity index (χ3n) is 5.49. The van der Waals surface area contributed by atoms with Crippen LogP contribution in [0, 0.1) is 12.8 Å². The molecule has 1 aliphatic carbocycles. The molecule has 0 saturated heterocycles. The SMILES string of the molecule is COc1ccc(CC(C)(C)NC[C@@H](O)COC(C2=CCC(Br)S2)C2CC2)cc1C. The summed E-state index contributed by atoms with van der Waals surface area (Å²) in [6, 6.07) is 6.31. The number of rotatable bonds is 11. The monoisotopic (exact) mass is 483 g/mol. The van der Waals surface area contributed by atoms with E-state index in [1.165, 1.54) is 23.3 Å². The van der Waals surface area contributed by atoms with Crippen molar-refractivity contribution in [3.63, 3.8) is 0 Å². The Balaban J connectivity index is 1.45. The number of allylic oxidation sites excluding steroid dienone is 1. The summed E-state index contributed by atoms with van der Waals surface area (Å²) in [6.45, 7) is 7.30. The van der Waals surface area contributed by atoms with Crippen LogP contribution in [0.15, 0.2) is 29.2 Å². The molecule has 0 amide bonds. The molecule has 1 aromatic carbocycles. The summed E-state index contributed by atoms with van der Waals surface area (Å²) in [7, 11) is 1.70. The lowest BCUT2D eigenvalue weighted by Crippen LogP contribution is -2.46. The van der Waals surface area contributed by atoms with Gasteiger partial charge in [-0.25, -0.2) is 0 Å². The first-order valence-corrected chi connectivity index (χ1v) is 12.3. The Morgan fingerprint density at radius 3 is 2.69 bits per heavy atom. The Labute approximate surface area is 187 Å². The molecule has 0 bridgehead atoms. The zero-order chi connectivity index (χ0) is 21.0. The fraction of sp³-hybridized carbons (Fsp3) is 0.652. The number of halogens is 1. The van der Waals surface area contributed by atoms with Crippen molar-refractivity contribution < 1.29 is 14.6 Å². The largest absolute Gasteiger partial charge is 0.496 e. The van der Waals surface area contributed by atoms with Crippen molar-refractivity contribution in [1.29, 1.82) is 0 Å². The summed E-state index contributed by atoms with van der Waals surface area (Å²) in [5.74, 6) is 1.54. The molecule has 29 heavy (non-hydrogen) atoms. The van der Waals surface area contributed by atoms with Gasteiger partial charge in [0.25, 0.3) is 0 Å². The Hall–Kier alpha value is -0.530. The highest BCUT2D eigenvalue weighted by Crippen LogP contribution is 2.46. The van der Waals surface area contributed by atoms with Crippen molar-refractivity contribution in [3.05, 3.63) is 40.3 Å². The number of nitrogens with one attached hydrogen (secondary N) is 1. The number of alkyl halides is 1. The van der Waals surface area contributed by atoms with E-state index in [4.69, 9.17) is 9.47 Å². The van der Waals surface area contributed by atoms with E-state index >= 15 is 0 Å². The number of aliphatic hydroxyl groups is 1. The number of methoxy groups -OCH3 is 1. The lowest BCUT2D eigenvalue weighted by Gasteiger charge is -2.29. The van der Waals surface area contributed by atoms with E-state index < -0.39 is 6.10 Å². The molecule has 0 radical (unpaired) electrons. The molecule has 1 heterocycles. The molecule has 3 rings (SSSR count). The molecule has 2 N–H and O–H groups in total. The van der Waals surface area contributed by atoms with Crippen molar-refractivity contribution in [2.75, 3.05) is 20.3 Å². The van der Waals surface area contributed by atoms with Gasteiger partial charge in [-0.15, -0.1) is 11.8 Å². The van der Waals surface area contributed by atoms with Crippen molar-refractivity contribution >= 4 is 27.7 Å². The third kappa shape index (κ3) is 7.00. The number of aliphatic hydroxyl groups excluding tert-OH is 1. The summed E-state index contributed by atoms with van der Waals surface area (Å²) in [5.41, 5.74) is 2.28. The minimum Gasteiger partial charge on any atom is -0.496 e. The molecule has 4 nitrogen and oxygen atoms in total. The maximum atomic E-state index is 10.5. The Bertz CT molecular complexity index is 720. The molecule has 1 fully saturated rings. The van der Waals surface area contributed by atoms with E-state index in [9.17, 15) is 5.11 Å². The van der Waals surface area contributed by atoms with Crippen molar-refractivity contribution in [3.8, 4) is 5.75 Å². The van der Waals surface area contributed by atoms with Gasteiger partial charge in [-0.1, -0.05) is 34.1 Å². The number of hydrogen-bond acceptors (Lipinski definition) is 5. The standard InChI is InChI=1S/C23H34BrNO3S/c1-15-11-16(5-8-19(15)27-4)12-23(2,3)25-13-18(26)14-28-22(17-6-7-17)20-9-10-21(24)29-20/h5,8-9,11,17-18,21-22,25-26H,6-7,10,12-14H2,1-4H3/t18-,21?,22?/m1/s1. The van der Waals surface area contributed by atoms with Gasteiger partial charge in [0.2, 0.25) is 0 Å². The average molecular weight is 485 g/mol. The number of benzene rings is 1. The van der Waals surface area contributed by atoms with Gasteiger partial charge in [0, 0.05) is 17.0 Å². The maximum Gasteiger partial charge on any atom is 0.121 e. The third-order valence-corrected chi connectivity index (χ3v) is 7.54. The van der Waals surface area contributed by atoms with E-state index in [1.807, 2.05) is 17.8 Å². The summed E-state index contributed by atoms with van der Waals surface area (Å²) in [5, 5.41) is 14.0. The molecular weight excluding hydrogens is 450 g/mol. The number of β-amino-alcohol motifs (C(OH)–C–C–N with tert-alkyl or cyclic N) is 1. The smallest absolute Gasteiger partial charge is 0.121 e. The van der Waals surface area contributed by atoms with E-state index in [0.717, 1.165) is 24.2 Å². The van der Waals surface area contributed by atoms with Crippen LogP contribution in [-0.2, 0) is 11.2 Å². The van der Waals surface area contributed by atoms with Crippen LogP contribution in [-0.4, -0.2) is 47.3 Å². The van der Waals surface area contributed by atoms with Crippen LogP contribution in [0.5, 0.6) is 5.75 Å². The number of ether oxygens (including phenoxy) is 2. The molecule has 2 aliphatic rings. The normalized spacial score (nSPS) is 21.7. The van der Waals surface area contributed by atoms with Crippen LogP contribution in [0.25, 0.3) is 0 Å². The van der Waals surface area contributed by atoms with E-state index in [1.54, 1.807) is 7.11 Å². The highest BCUT2D eigenvalue weighted by Gasteiger charge is 2.37.